The predicted molar refractivity (Wildman–Crippen MR) is 108 cm³/mol. The van der Waals surface area contributed by atoms with E-state index in [0.717, 1.165) is 19.6 Å². The quantitative estimate of drug-likeness (QED) is 0.854. The van der Waals surface area contributed by atoms with Crippen molar-refractivity contribution in [3.63, 3.8) is 0 Å². The molecule has 0 saturated carbocycles. The van der Waals surface area contributed by atoms with Gasteiger partial charge < -0.3 is 10.6 Å². The Morgan fingerprint density at radius 1 is 0.963 bits per heavy atom. The van der Waals surface area contributed by atoms with Crippen molar-refractivity contribution in [3.8, 4) is 0 Å². The second-order valence-electron chi connectivity index (χ2n) is 6.92. The van der Waals surface area contributed by atoms with E-state index in [1.165, 1.54) is 12.5 Å². The lowest BCUT2D eigenvalue weighted by Crippen LogP contribution is -2.48. The van der Waals surface area contributed by atoms with Gasteiger partial charge in [0.25, 0.3) is 0 Å². The van der Waals surface area contributed by atoms with E-state index in [1.807, 2.05) is 30.3 Å². The number of nitrogens with one attached hydrogen (secondary N) is 2. The van der Waals surface area contributed by atoms with Crippen molar-refractivity contribution in [1.29, 1.82) is 0 Å². The number of rotatable bonds is 5. The standard InChI is InChI=1S/C21H26N4O2/c1-16(26)22-18-10-6-7-11-19(18)23-21(27)15-25-13-12-24(2)20(14-25)17-8-4-3-5-9-17/h3-11,20H,12-15H2,1-2H3,(H,22,26)(H,23,27). The summed E-state index contributed by atoms with van der Waals surface area (Å²) in [7, 11) is 2.12. The van der Waals surface area contributed by atoms with Crippen LogP contribution in [0.15, 0.2) is 54.6 Å². The zero-order valence-electron chi connectivity index (χ0n) is 15.8. The largest absolute Gasteiger partial charge is 0.325 e. The van der Waals surface area contributed by atoms with Crippen LogP contribution >= 0.6 is 0 Å². The molecule has 1 unspecified atom stereocenters. The van der Waals surface area contributed by atoms with Gasteiger partial charge in [0.1, 0.15) is 0 Å². The van der Waals surface area contributed by atoms with Crippen molar-refractivity contribution in [2.45, 2.75) is 13.0 Å². The van der Waals surface area contributed by atoms with Crippen molar-refractivity contribution < 1.29 is 9.59 Å². The van der Waals surface area contributed by atoms with Gasteiger partial charge in [0.05, 0.1) is 17.9 Å². The van der Waals surface area contributed by atoms with Gasteiger partial charge >= 0.3 is 0 Å². The second-order valence-corrected chi connectivity index (χ2v) is 6.92. The van der Waals surface area contributed by atoms with E-state index < -0.39 is 0 Å². The molecule has 1 fully saturated rings. The number of carbonyl (C=O) groups is 2. The van der Waals surface area contributed by atoms with Crippen molar-refractivity contribution in [3.05, 3.63) is 60.2 Å². The van der Waals surface area contributed by atoms with Gasteiger partial charge in [-0.15, -0.1) is 0 Å². The zero-order chi connectivity index (χ0) is 19.2. The topological polar surface area (TPSA) is 64.7 Å². The number of carbonyl (C=O) groups excluding carboxylic acids is 2. The first-order chi connectivity index (χ1) is 13.0. The minimum Gasteiger partial charge on any atom is -0.325 e. The van der Waals surface area contributed by atoms with E-state index in [2.05, 4.69) is 39.6 Å². The fraction of sp³-hybridized carbons (Fsp3) is 0.333. The van der Waals surface area contributed by atoms with Crippen LogP contribution in [-0.4, -0.2) is 54.8 Å². The third kappa shape index (κ3) is 5.15. The van der Waals surface area contributed by atoms with Crippen LogP contribution in [0.4, 0.5) is 11.4 Å². The molecular weight excluding hydrogens is 340 g/mol. The third-order valence-electron chi connectivity index (χ3n) is 4.80. The molecule has 1 aliphatic rings. The maximum Gasteiger partial charge on any atom is 0.238 e. The van der Waals surface area contributed by atoms with Crippen LogP contribution in [0.25, 0.3) is 0 Å². The summed E-state index contributed by atoms with van der Waals surface area (Å²) < 4.78 is 0. The summed E-state index contributed by atoms with van der Waals surface area (Å²) in [5, 5.41) is 5.66. The fourth-order valence-corrected chi connectivity index (χ4v) is 3.39. The molecule has 2 amide bonds. The summed E-state index contributed by atoms with van der Waals surface area (Å²) in [5.74, 6) is -0.245. The Bertz CT molecular complexity index is 794. The number of likely N-dealkylation sites (N-methyl/N-ethyl adjacent to an activating group) is 1. The number of piperazine rings is 1. The molecular formula is C21H26N4O2. The molecule has 1 atom stereocenters. The highest BCUT2D eigenvalue weighted by molar-refractivity contribution is 5.99. The maximum absolute atomic E-state index is 12.6. The van der Waals surface area contributed by atoms with Crippen LogP contribution < -0.4 is 10.6 Å². The maximum atomic E-state index is 12.6. The number of para-hydroxylation sites is 2. The Morgan fingerprint density at radius 2 is 1.59 bits per heavy atom. The lowest BCUT2D eigenvalue weighted by atomic mass is 10.0. The molecule has 2 N–H and O–H groups in total. The first-order valence-electron chi connectivity index (χ1n) is 9.17. The van der Waals surface area contributed by atoms with Crippen LogP contribution in [-0.2, 0) is 9.59 Å². The minimum atomic E-state index is -0.165. The highest BCUT2D eigenvalue weighted by Gasteiger charge is 2.26. The van der Waals surface area contributed by atoms with Crippen LogP contribution in [0.1, 0.15) is 18.5 Å². The molecule has 3 rings (SSSR count). The molecule has 142 valence electrons. The first-order valence-corrected chi connectivity index (χ1v) is 9.17. The van der Waals surface area contributed by atoms with Crippen molar-refractivity contribution in [2.75, 3.05) is 43.9 Å². The number of anilines is 2. The van der Waals surface area contributed by atoms with E-state index in [1.54, 1.807) is 12.1 Å². The summed E-state index contributed by atoms with van der Waals surface area (Å²) in [6.07, 6.45) is 0. The van der Waals surface area contributed by atoms with E-state index in [9.17, 15) is 9.59 Å². The number of hydrogen-bond donors (Lipinski definition) is 2. The van der Waals surface area contributed by atoms with E-state index in [-0.39, 0.29) is 17.9 Å². The van der Waals surface area contributed by atoms with E-state index >= 15 is 0 Å². The molecule has 1 aliphatic heterocycles. The Hall–Kier alpha value is -2.70. The first kappa shape index (κ1) is 19.1. The smallest absolute Gasteiger partial charge is 0.238 e. The Labute approximate surface area is 160 Å². The zero-order valence-corrected chi connectivity index (χ0v) is 15.8. The van der Waals surface area contributed by atoms with Gasteiger partial charge in [-0.1, -0.05) is 42.5 Å². The van der Waals surface area contributed by atoms with Gasteiger partial charge in [0.15, 0.2) is 0 Å². The van der Waals surface area contributed by atoms with E-state index in [4.69, 9.17) is 0 Å². The second kappa shape index (κ2) is 8.79. The van der Waals surface area contributed by atoms with Crippen LogP contribution in [0.3, 0.4) is 0 Å². The molecule has 6 nitrogen and oxygen atoms in total. The third-order valence-corrected chi connectivity index (χ3v) is 4.80. The van der Waals surface area contributed by atoms with Gasteiger partial charge in [-0.05, 0) is 24.7 Å². The Balaban J connectivity index is 1.62. The van der Waals surface area contributed by atoms with Gasteiger partial charge in [-0.3, -0.25) is 19.4 Å². The Morgan fingerprint density at radius 3 is 2.26 bits per heavy atom. The molecule has 0 aliphatic carbocycles. The average molecular weight is 366 g/mol. The summed E-state index contributed by atoms with van der Waals surface area (Å²) in [6, 6.07) is 17.9. The monoisotopic (exact) mass is 366 g/mol. The molecule has 2 aromatic carbocycles. The average Bonchev–Trinajstić information content (AvgIpc) is 2.65. The predicted octanol–water partition coefficient (Wildman–Crippen LogP) is 2.57. The summed E-state index contributed by atoms with van der Waals surface area (Å²) in [6.45, 7) is 4.34. The van der Waals surface area contributed by atoms with Gasteiger partial charge in [-0.25, -0.2) is 0 Å². The molecule has 1 heterocycles. The summed E-state index contributed by atoms with van der Waals surface area (Å²) >= 11 is 0. The minimum absolute atomic E-state index is 0.0795. The molecule has 1 saturated heterocycles. The lowest BCUT2D eigenvalue weighted by molar-refractivity contribution is -0.118. The fourth-order valence-electron chi connectivity index (χ4n) is 3.39. The SMILES string of the molecule is CC(=O)Nc1ccccc1NC(=O)CN1CCN(C)C(c2ccccc2)C1. The highest BCUT2D eigenvalue weighted by Crippen LogP contribution is 2.24. The molecule has 2 aromatic rings. The van der Waals surface area contributed by atoms with Crippen LogP contribution in [0, 0.1) is 0 Å². The van der Waals surface area contributed by atoms with Crippen LogP contribution in [0.2, 0.25) is 0 Å². The number of hydrogen-bond acceptors (Lipinski definition) is 4. The normalized spacial score (nSPS) is 18.1. The summed E-state index contributed by atoms with van der Waals surface area (Å²) in [5.41, 5.74) is 2.49. The molecule has 0 aromatic heterocycles. The van der Waals surface area contributed by atoms with Crippen molar-refractivity contribution in [2.24, 2.45) is 0 Å². The Kier molecular flexibility index (Phi) is 6.21. The van der Waals surface area contributed by atoms with Crippen molar-refractivity contribution >= 4 is 23.2 Å². The molecule has 0 spiro atoms. The molecule has 0 bridgehead atoms. The van der Waals surface area contributed by atoms with Crippen LogP contribution in [0.5, 0.6) is 0 Å². The van der Waals surface area contributed by atoms with Crippen molar-refractivity contribution in [1.82, 2.24) is 9.80 Å². The van der Waals surface area contributed by atoms with Gasteiger partial charge in [0.2, 0.25) is 11.8 Å². The lowest BCUT2D eigenvalue weighted by Gasteiger charge is -2.39. The molecule has 0 radical (unpaired) electrons. The van der Waals surface area contributed by atoms with Gasteiger partial charge in [0, 0.05) is 32.6 Å². The highest BCUT2D eigenvalue weighted by atomic mass is 16.2. The number of benzene rings is 2. The number of amides is 2. The number of nitrogens with zero attached hydrogens (tertiary/aromatic N) is 2. The summed E-state index contributed by atoms with van der Waals surface area (Å²) in [4.78, 5) is 28.4. The molecule has 6 heteroatoms. The van der Waals surface area contributed by atoms with E-state index in [0.29, 0.717) is 17.9 Å². The van der Waals surface area contributed by atoms with Gasteiger partial charge in [-0.2, -0.15) is 0 Å². The molecule has 27 heavy (non-hydrogen) atoms.